The fourth-order valence-corrected chi connectivity index (χ4v) is 4.47. The number of para-hydroxylation sites is 2. The van der Waals surface area contributed by atoms with Gasteiger partial charge in [0.05, 0.1) is 5.52 Å². The largest absolute Gasteiger partial charge is 0.419 e. The Bertz CT molecular complexity index is 1130. The first-order chi connectivity index (χ1) is 15.6. The molecule has 0 saturated carbocycles. The first kappa shape index (κ1) is 21.9. The number of amides is 2. The van der Waals surface area contributed by atoms with E-state index in [0.717, 1.165) is 19.3 Å². The predicted molar refractivity (Wildman–Crippen MR) is 122 cm³/mol. The normalized spacial score (nSPS) is 14.6. The summed E-state index contributed by atoms with van der Waals surface area (Å²) in [5.41, 5.74) is 1.94. The van der Waals surface area contributed by atoms with Gasteiger partial charge in [-0.25, -0.2) is 4.79 Å². The summed E-state index contributed by atoms with van der Waals surface area (Å²) in [4.78, 5) is 41.8. The molecule has 32 heavy (non-hydrogen) atoms. The van der Waals surface area contributed by atoms with Gasteiger partial charge in [0.2, 0.25) is 5.91 Å². The second kappa shape index (κ2) is 9.85. The molecule has 1 aliphatic heterocycles. The van der Waals surface area contributed by atoms with Crippen molar-refractivity contribution in [3.63, 3.8) is 0 Å². The van der Waals surface area contributed by atoms with E-state index in [1.165, 1.54) is 4.57 Å². The highest BCUT2D eigenvalue weighted by Gasteiger charge is 2.29. The van der Waals surface area contributed by atoms with Gasteiger partial charge >= 0.3 is 5.76 Å². The van der Waals surface area contributed by atoms with E-state index >= 15 is 0 Å². The van der Waals surface area contributed by atoms with Crippen molar-refractivity contribution in [1.82, 2.24) is 14.4 Å². The quantitative estimate of drug-likeness (QED) is 0.569. The highest BCUT2D eigenvalue weighted by Crippen LogP contribution is 2.20. The second-order valence-electron chi connectivity index (χ2n) is 8.21. The van der Waals surface area contributed by atoms with E-state index in [1.807, 2.05) is 58.3 Å². The molecular formula is C25H29N3O4. The number of likely N-dealkylation sites (tertiary alicyclic amines) is 1. The number of hydrogen-bond acceptors (Lipinski definition) is 4. The Morgan fingerprint density at radius 2 is 1.72 bits per heavy atom. The van der Waals surface area contributed by atoms with Crippen LogP contribution in [0.25, 0.3) is 11.1 Å². The van der Waals surface area contributed by atoms with Gasteiger partial charge in [0.1, 0.15) is 0 Å². The Hall–Kier alpha value is -3.35. The second-order valence-corrected chi connectivity index (χ2v) is 8.21. The van der Waals surface area contributed by atoms with Crippen LogP contribution in [0.15, 0.2) is 63.8 Å². The molecule has 0 bridgehead atoms. The Labute approximate surface area is 187 Å². The number of aryl methyl sites for hydroxylation is 1. The molecule has 0 atom stereocenters. The lowest BCUT2D eigenvalue weighted by atomic mass is 10.0. The van der Waals surface area contributed by atoms with Crippen LogP contribution in [-0.2, 0) is 11.3 Å². The minimum atomic E-state index is -0.436. The summed E-state index contributed by atoms with van der Waals surface area (Å²) in [5, 5.41) is 0. The number of nitrogens with zero attached hydrogens (tertiary/aromatic N) is 3. The minimum Gasteiger partial charge on any atom is -0.408 e. The monoisotopic (exact) mass is 435 g/mol. The zero-order valence-corrected chi connectivity index (χ0v) is 18.4. The van der Waals surface area contributed by atoms with Crippen LogP contribution >= 0.6 is 0 Å². The third kappa shape index (κ3) is 4.61. The number of oxazole rings is 1. The molecule has 7 nitrogen and oxygen atoms in total. The molecule has 1 saturated heterocycles. The average molecular weight is 436 g/mol. The van der Waals surface area contributed by atoms with Gasteiger partial charge in [0.15, 0.2) is 5.58 Å². The maximum Gasteiger partial charge on any atom is 0.419 e. The average Bonchev–Trinajstić information content (AvgIpc) is 3.16. The third-order valence-corrected chi connectivity index (χ3v) is 6.12. The topological polar surface area (TPSA) is 75.8 Å². The van der Waals surface area contributed by atoms with E-state index in [9.17, 15) is 14.4 Å². The zero-order valence-electron chi connectivity index (χ0n) is 18.4. The number of carbonyl (C=O) groups is 2. The SMILES string of the molecule is CCCN(C(=O)CCn1c(=O)oc2ccccc21)C1CCN(C(=O)c2ccccc2)CC1. The predicted octanol–water partition coefficient (Wildman–Crippen LogP) is 3.53. The van der Waals surface area contributed by atoms with Crippen LogP contribution in [0.4, 0.5) is 0 Å². The first-order valence-corrected chi connectivity index (χ1v) is 11.3. The summed E-state index contributed by atoms with van der Waals surface area (Å²) in [6.45, 7) is 4.30. The number of aromatic nitrogens is 1. The molecule has 1 fully saturated rings. The molecule has 0 radical (unpaired) electrons. The lowest BCUT2D eigenvalue weighted by molar-refractivity contribution is -0.134. The van der Waals surface area contributed by atoms with Crippen molar-refractivity contribution in [3.8, 4) is 0 Å². The minimum absolute atomic E-state index is 0.0388. The van der Waals surface area contributed by atoms with Gasteiger partial charge in [0.25, 0.3) is 5.91 Å². The van der Waals surface area contributed by atoms with Crippen LogP contribution < -0.4 is 5.76 Å². The Balaban J connectivity index is 1.38. The van der Waals surface area contributed by atoms with Gasteiger partial charge in [-0.3, -0.25) is 14.2 Å². The summed E-state index contributed by atoms with van der Waals surface area (Å²) in [5.74, 6) is -0.353. The van der Waals surface area contributed by atoms with E-state index in [4.69, 9.17) is 4.42 Å². The van der Waals surface area contributed by atoms with Crippen molar-refractivity contribution in [2.45, 2.75) is 45.2 Å². The van der Waals surface area contributed by atoms with Gasteiger partial charge in [-0.1, -0.05) is 37.3 Å². The van der Waals surface area contributed by atoms with Crippen molar-refractivity contribution < 1.29 is 14.0 Å². The van der Waals surface area contributed by atoms with E-state index in [2.05, 4.69) is 6.92 Å². The Morgan fingerprint density at radius 3 is 2.44 bits per heavy atom. The molecule has 7 heteroatoms. The van der Waals surface area contributed by atoms with Crippen molar-refractivity contribution in [1.29, 1.82) is 0 Å². The van der Waals surface area contributed by atoms with Gasteiger partial charge in [-0.2, -0.15) is 0 Å². The van der Waals surface area contributed by atoms with Crippen LogP contribution in [0, 0.1) is 0 Å². The van der Waals surface area contributed by atoms with Crippen LogP contribution in [0.5, 0.6) is 0 Å². The van der Waals surface area contributed by atoms with Gasteiger partial charge in [-0.15, -0.1) is 0 Å². The van der Waals surface area contributed by atoms with Crippen LogP contribution in [0.3, 0.4) is 0 Å². The standard InChI is InChI=1S/C25H29N3O4/c1-2-15-27(20-12-16-26(17-13-20)24(30)19-8-4-3-5-9-19)23(29)14-18-28-21-10-6-7-11-22(21)32-25(28)31/h3-11,20H,2,12-18H2,1H3. The smallest absolute Gasteiger partial charge is 0.408 e. The van der Waals surface area contributed by atoms with E-state index in [1.54, 1.807) is 6.07 Å². The van der Waals surface area contributed by atoms with Crippen molar-refractivity contribution in [2.24, 2.45) is 0 Å². The Morgan fingerprint density at radius 1 is 1.03 bits per heavy atom. The highest BCUT2D eigenvalue weighted by molar-refractivity contribution is 5.94. The molecular weight excluding hydrogens is 406 g/mol. The van der Waals surface area contributed by atoms with Gasteiger partial charge < -0.3 is 14.2 Å². The molecule has 2 amide bonds. The summed E-state index contributed by atoms with van der Waals surface area (Å²) >= 11 is 0. The van der Waals surface area contributed by atoms with Crippen molar-refractivity contribution in [3.05, 3.63) is 70.7 Å². The Kier molecular flexibility index (Phi) is 6.73. The summed E-state index contributed by atoms with van der Waals surface area (Å²) in [6.07, 6.45) is 2.63. The van der Waals surface area contributed by atoms with E-state index in [0.29, 0.717) is 42.8 Å². The number of benzene rings is 2. The fourth-order valence-electron chi connectivity index (χ4n) is 4.47. The number of carbonyl (C=O) groups excluding carboxylic acids is 2. The maximum atomic E-state index is 13.1. The molecule has 1 aromatic heterocycles. The number of fused-ring (bicyclic) bond motifs is 1. The van der Waals surface area contributed by atoms with Crippen molar-refractivity contribution >= 4 is 22.9 Å². The molecule has 168 valence electrons. The zero-order chi connectivity index (χ0) is 22.5. The first-order valence-electron chi connectivity index (χ1n) is 11.3. The maximum absolute atomic E-state index is 13.1. The molecule has 0 N–H and O–H groups in total. The van der Waals surface area contributed by atoms with Crippen LogP contribution in [-0.4, -0.2) is 51.9 Å². The summed E-state index contributed by atoms with van der Waals surface area (Å²) < 4.78 is 6.80. The fraction of sp³-hybridized carbons (Fsp3) is 0.400. The summed E-state index contributed by atoms with van der Waals surface area (Å²) in [7, 11) is 0. The van der Waals surface area contributed by atoms with Crippen LogP contribution in [0.1, 0.15) is 43.0 Å². The lowest BCUT2D eigenvalue weighted by Gasteiger charge is -2.38. The molecule has 2 heterocycles. The molecule has 4 rings (SSSR count). The van der Waals surface area contributed by atoms with E-state index in [-0.39, 0.29) is 24.3 Å². The third-order valence-electron chi connectivity index (χ3n) is 6.12. The summed E-state index contributed by atoms with van der Waals surface area (Å²) in [6, 6.07) is 16.7. The molecule has 3 aromatic rings. The lowest BCUT2D eigenvalue weighted by Crippen LogP contribution is -2.49. The number of rotatable bonds is 7. The number of hydrogen-bond donors (Lipinski definition) is 0. The molecule has 1 aliphatic rings. The van der Waals surface area contributed by atoms with Crippen LogP contribution in [0.2, 0.25) is 0 Å². The number of piperidine rings is 1. The molecule has 0 spiro atoms. The molecule has 0 unspecified atom stereocenters. The van der Waals surface area contributed by atoms with Gasteiger partial charge in [0, 0.05) is 44.2 Å². The molecule has 0 aliphatic carbocycles. The van der Waals surface area contributed by atoms with Gasteiger partial charge in [-0.05, 0) is 43.5 Å². The van der Waals surface area contributed by atoms with Crippen molar-refractivity contribution in [2.75, 3.05) is 19.6 Å². The van der Waals surface area contributed by atoms with E-state index < -0.39 is 5.76 Å². The molecule has 2 aromatic carbocycles. The highest BCUT2D eigenvalue weighted by atomic mass is 16.4.